The van der Waals surface area contributed by atoms with E-state index in [9.17, 15) is 4.79 Å². The average molecular weight is 259 g/mol. The van der Waals surface area contributed by atoms with E-state index < -0.39 is 0 Å². The molecule has 5 heteroatoms. The number of halogens is 1. The first kappa shape index (κ1) is 11.9. The molecule has 1 amide bonds. The molecule has 1 aliphatic heterocycles. The van der Waals surface area contributed by atoms with E-state index >= 15 is 0 Å². The maximum absolute atomic E-state index is 12.2. The topological polar surface area (TPSA) is 33.2 Å². The number of aromatic nitrogens is 1. The van der Waals surface area contributed by atoms with Crippen LogP contribution in [0.3, 0.4) is 0 Å². The summed E-state index contributed by atoms with van der Waals surface area (Å²) in [5, 5.41) is 0. The summed E-state index contributed by atoms with van der Waals surface area (Å²) in [5.41, 5.74) is 2.56. The lowest BCUT2D eigenvalue weighted by Gasteiger charge is -2.31. The highest BCUT2D eigenvalue weighted by molar-refractivity contribution is 7.11. The van der Waals surface area contributed by atoms with Gasteiger partial charge in [0.25, 0.3) is 5.91 Å². The number of carbonyl (C=O) groups excluding carboxylic acids is 1. The summed E-state index contributed by atoms with van der Waals surface area (Å²) < 4.78 is 0. The summed E-state index contributed by atoms with van der Waals surface area (Å²) in [6, 6.07) is 0. The number of thiazole rings is 1. The molecule has 0 bridgehead atoms. The van der Waals surface area contributed by atoms with Gasteiger partial charge in [-0.25, -0.2) is 4.98 Å². The first-order valence-electron chi connectivity index (χ1n) is 5.47. The molecule has 1 fully saturated rings. The van der Waals surface area contributed by atoms with Gasteiger partial charge in [-0.2, -0.15) is 0 Å². The molecule has 0 N–H and O–H groups in total. The zero-order chi connectivity index (χ0) is 11.5. The van der Waals surface area contributed by atoms with Crippen molar-refractivity contribution in [3.05, 3.63) is 16.1 Å². The predicted molar refractivity (Wildman–Crippen MR) is 66.2 cm³/mol. The Hall–Kier alpha value is -0.610. The number of aryl methyl sites for hydroxylation is 1. The summed E-state index contributed by atoms with van der Waals surface area (Å²) in [6.45, 7) is 3.52. The smallest absolute Gasteiger partial charge is 0.265 e. The van der Waals surface area contributed by atoms with E-state index in [-0.39, 0.29) is 5.91 Å². The number of rotatable bonds is 2. The van der Waals surface area contributed by atoms with E-state index in [1.807, 2.05) is 11.8 Å². The van der Waals surface area contributed by atoms with Gasteiger partial charge in [0, 0.05) is 19.0 Å². The number of hydrogen-bond acceptors (Lipinski definition) is 3. The number of likely N-dealkylation sites (tertiary alicyclic amines) is 1. The summed E-state index contributed by atoms with van der Waals surface area (Å²) >= 11 is 7.28. The minimum Gasteiger partial charge on any atom is -0.338 e. The van der Waals surface area contributed by atoms with Gasteiger partial charge in [0.15, 0.2) is 0 Å². The first-order valence-corrected chi connectivity index (χ1v) is 6.89. The van der Waals surface area contributed by atoms with Crippen LogP contribution in [-0.2, 0) is 0 Å². The third-order valence-corrected chi connectivity index (χ3v) is 4.32. The van der Waals surface area contributed by atoms with E-state index in [1.54, 1.807) is 5.51 Å². The van der Waals surface area contributed by atoms with E-state index in [4.69, 9.17) is 11.6 Å². The van der Waals surface area contributed by atoms with Crippen LogP contribution in [0, 0.1) is 12.8 Å². The number of alkyl halides is 1. The number of piperidine rings is 1. The molecule has 1 atom stereocenters. The molecule has 1 aliphatic rings. The minimum atomic E-state index is 0.120. The van der Waals surface area contributed by atoms with Gasteiger partial charge in [0.2, 0.25) is 0 Å². The summed E-state index contributed by atoms with van der Waals surface area (Å²) in [4.78, 5) is 19.0. The highest BCUT2D eigenvalue weighted by atomic mass is 35.5. The molecule has 16 heavy (non-hydrogen) atoms. The van der Waals surface area contributed by atoms with E-state index in [0.717, 1.165) is 36.5 Å². The minimum absolute atomic E-state index is 0.120. The lowest BCUT2D eigenvalue weighted by Crippen LogP contribution is -2.40. The highest BCUT2D eigenvalue weighted by Crippen LogP contribution is 2.22. The second-order valence-electron chi connectivity index (χ2n) is 4.18. The quantitative estimate of drug-likeness (QED) is 0.764. The van der Waals surface area contributed by atoms with Crippen molar-refractivity contribution in [1.82, 2.24) is 9.88 Å². The van der Waals surface area contributed by atoms with Crippen LogP contribution in [-0.4, -0.2) is 34.8 Å². The van der Waals surface area contributed by atoms with Crippen molar-refractivity contribution in [2.24, 2.45) is 5.92 Å². The van der Waals surface area contributed by atoms with Crippen LogP contribution in [0.15, 0.2) is 5.51 Å². The van der Waals surface area contributed by atoms with Crippen LogP contribution >= 0.6 is 22.9 Å². The van der Waals surface area contributed by atoms with Gasteiger partial charge in [-0.3, -0.25) is 4.79 Å². The van der Waals surface area contributed by atoms with Crippen molar-refractivity contribution in [3.8, 4) is 0 Å². The molecule has 0 radical (unpaired) electrons. The van der Waals surface area contributed by atoms with Crippen LogP contribution in [0.5, 0.6) is 0 Å². The zero-order valence-electron chi connectivity index (χ0n) is 9.28. The molecule has 1 unspecified atom stereocenters. The third kappa shape index (κ3) is 2.38. The summed E-state index contributed by atoms with van der Waals surface area (Å²) in [7, 11) is 0. The fraction of sp³-hybridized carbons (Fsp3) is 0.636. The molecule has 0 spiro atoms. The fourth-order valence-electron chi connectivity index (χ4n) is 2.03. The Kier molecular flexibility index (Phi) is 3.82. The number of carbonyl (C=O) groups is 1. The van der Waals surface area contributed by atoms with Gasteiger partial charge in [0.1, 0.15) is 4.88 Å². The van der Waals surface area contributed by atoms with Crippen molar-refractivity contribution in [2.75, 3.05) is 19.0 Å². The molecule has 1 aromatic rings. The van der Waals surface area contributed by atoms with Crippen LogP contribution in [0.4, 0.5) is 0 Å². The number of nitrogens with zero attached hydrogens (tertiary/aromatic N) is 2. The second kappa shape index (κ2) is 5.15. The lowest BCUT2D eigenvalue weighted by molar-refractivity contribution is 0.0689. The van der Waals surface area contributed by atoms with E-state index in [2.05, 4.69) is 4.98 Å². The highest BCUT2D eigenvalue weighted by Gasteiger charge is 2.25. The standard InChI is InChI=1S/C11H15ClN2OS/c1-8-10(16-7-13-8)11(15)14-4-2-3-9(5-12)6-14/h7,9H,2-6H2,1H3. The van der Waals surface area contributed by atoms with Gasteiger partial charge < -0.3 is 4.90 Å². The monoisotopic (exact) mass is 258 g/mol. The van der Waals surface area contributed by atoms with Crippen molar-refractivity contribution >= 4 is 28.8 Å². The molecule has 1 saturated heterocycles. The molecule has 3 nitrogen and oxygen atoms in total. The van der Waals surface area contributed by atoms with E-state index in [1.165, 1.54) is 11.3 Å². The third-order valence-electron chi connectivity index (χ3n) is 2.96. The fourth-order valence-corrected chi connectivity index (χ4v) is 3.05. The largest absolute Gasteiger partial charge is 0.338 e. The SMILES string of the molecule is Cc1ncsc1C(=O)N1CCCC(CCl)C1. The molecule has 1 aromatic heterocycles. The molecule has 0 aromatic carbocycles. The Morgan fingerprint density at radius 3 is 3.19 bits per heavy atom. The Bertz CT molecular complexity index is 380. The Morgan fingerprint density at radius 1 is 1.75 bits per heavy atom. The molecule has 88 valence electrons. The Labute approximate surface area is 104 Å². The zero-order valence-corrected chi connectivity index (χ0v) is 10.9. The maximum Gasteiger partial charge on any atom is 0.265 e. The van der Waals surface area contributed by atoms with Crippen molar-refractivity contribution in [3.63, 3.8) is 0 Å². The van der Waals surface area contributed by atoms with Gasteiger partial charge in [0.05, 0.1) is 11.2 Å². The first-order chi connectivity index (χ1) is 7.72. The molecule has 0 saturated carbocycles. The number of hydrogen-bond donors (Lipinski definition) is 0. The van der Waals surface area contributed by atoms with Crippen LogP contribution in [0.2, 0.25) is 0 Å². The summed E-state index contributed by atoms with van der Waals surface area (Å²) in [5.74, 6) is 1.22. The molecule has 0 aliphatic carbocycles. The van der Waals surface area contributed by atoms with Gasteiger partial charge >= 0.3 is 0 Å². The second-order valence-corrected chi connectivity index (χ2v) is 5.34. The number of amides is 1. The Morgan fingerprint density at radius 2 is 2.56 bits per heavy atom. The summed E-state index contributed by atoms with van der Waals surface area (Å²) in [6.07, 6.45) is 2.19. The van der Waals surface area contributed by atoms with Crippen molar-refractivity contribution < 1.29 is 4.79 Å². The predicted octanol–water partition coefficient (Wildman–Crippen LogP) is 2.54. The van der Waals surface area contributed by atoms with E-state index in [0.29, 0.717) is 11.8 Å². The molecular formula is C11H15ClN2OS. The van der Waals surface area contributed by atoms with Crippen molar-refractivity contribution in [1.29, 1.82) is 0 Å². The lowest BCUT2D eigenvalue weighted by atomic mass is 10.00. The average Bonchev–Trinajstić information content (AvgIpc) is 2.74. The van der Waals surface area contributed by atoms with Crippen LogP contribution in [0.1, 0.15) is 28.2 Å². The van der Waals surface area contributed by atoms with Gasteiger partial charge in [-0.05, 0) is 25.7 Å². The maximum atomic E-state index is 12.2. The molecule has 2 rings (SSSR count). The van der Waals surface area contributed by atoms with Crippen molar-refractivity contribution in [2.45, 2.75) is 19.8 Å². The van der Waals surface area contributed by atoms with Gasteiger partial charge in [-0.15, -0.1) is 22.9 Å². The normalized spacial score (nSPS) is 21.1. The molecule has 2 heterocycles. The Balaban J connectivity index is 2.07. The van der Waals surface area contributed by atoms with Crippen LogP contribution in [0.25, 0.3) is 0 Å². The van der Waals surface area contributed by atoms with Gasteiger partial charge in [-0.1, -0.05) is 0 Å². The molecular weight excluding hydrogens is 244 g/mol. The van der Waals surface area contributed by atoms with Crippen LogP contribution < -0.4 is 0 Å².